The van der Waals surface area contributed by atoms with Crippen molar-refractivity contribution in [2.75, 3.05) is 6.26 Å². The van der Waals surface area contributed by atoms with Crippen molar-refractivity contribution in [3.8, 4) is 0 Å². The zero-order chi connectivity index (χ0) is 14.8. The van der Waals surface area contributed by atoms with Crippen LogP contribution in [0, 0.1) is 5.41 Å². The maximum Gasteiger partial charge on any atom is 0.175 e. The monoisotopic (exact) mass is 283 g/mol. The number of benzene rings is 1. The molecule has 0 radical (unpaired) electrons. The molecular formula is C15H25NO2S. The van der Waals surface area contributed by atoms with E-state index in [2.05, 4.69) is 39.9 Å². The highest BCUT2D eigenvalue weighted by molar-refractivity contribution is 7.90. The van der Waals surface area contributed by atoms with Gasteiger partial charge in [0.1, 0.15) is 0 Å². The summed E-state index contributed by atoms with van der Waals surface area (Å²) < 4.78 is 22.8. The normalized spacial score (nSPS) is 16.1. The van der Waals surface area contributed by atoms with Crippen molar-refractivity contribution in [2.45, 2.75) is 51.6 Å². The lowest BCUT2D eigenvalue weighted by molar-refractivity contribution is 0.268. The van der Waals surface area contributed by atoms with Crippen molar-refractivity contribution in [3.63, 3.8) is 0 Å². The summed E-state index contributed by atoms with van der Waals surface area (Å²) in [6.45, 7) is 10.9. The Labute approximate surface area is 117 Å². The van der Waals surface area contributed by atoms with Crippen LogP contribution < -0.4 is 5.32 Å². The van der Waals surface area contributed by atoms with Crippen LogP contribution in [-0.4, -0.2) is 20.7 Å². The fraction of sp³-hybridized carbons (Fsp3) is 0.600. The topological polar surface area (TPSA) is 46.2 Å². The molecular weight excluding hydrogens is 258 g/mol. The Morgan fingerprint density at radius 2 is 1.53 bits per heavy atom. The molecule has 0 aliphatic heterocycles. The van der Waals surface area contributed by atoms with Gasteiger partial charge in [-0.15, -0.1) is 0 Å². The predicted octanol–water partition coefficient (Wildman–Crippen LogP) is 3.18. The lowest BCUT2D eigenvalue weighted by atomic mass is 9.87. The fourth-order valence-corrected chi connectivity index (χ4v) is 2.36. The van der Waals surface area contributed by atoms with Gasteiger partial charge in [0.2, 0.25) is 0 Å². The van der Waals surface area contributed by atoms with E-state index in [9.17, 15) is 8.42 Å². The molecule has 0 bridgehead atoms. The average Bonchev–Trinajstić information content (AvgIpc) is 2.26. The minimum absolute atomic E-state index is 0.195. The molecule has 108 valence electrons. The van der Waals surface area contributed by atoms with Gasteiger partial charge in [-0.05, 0) is 37.0 Å². The predicted molar refractivity (Wildman–Crippen MR) is 80.0 cm³/mol. The summed E-state index contributed by atoms with van der Waals surface area (Å²) in [6.07, 6.45) is 1.23. The molecule has 1 aromatic rings. The summed E-state index contributed by atoms with van der Waals surface area (Å²) in [5, 5.41) is 3.54. The van der Waals surface area contributed by atoms with E-state index in [1.165, 1.54) is 6.26 Å². The van der Waals surface area contributed by atoms with Crippen LogP contribution in [0.3, 0.4) is 0 Å². The molecule has 2 unspecified atom stereocenters. The van der Waals surface area contributed by atoms with Crippen molar-refractivity contribution in [3.05, 3.63) is 29.8 Å². The second-order valence-corrected chi connectivity index (χ2v) is 8.33. The van der Waals surface area contributed by atoms with Crippen LogP contribution in [0.1, 0.15) is 46.2 Å². The Hall–Kier alpha value is -0.870. The lowest BCUT2D eigenvalue weighted by Crippen LogP contribution is -2.39. The van der Waals surface area contributed by atoms with Crippen LogP contribution in [-0.2, 0) is 9.84 Å². The zero-order valence-electron chi connectivity index (χ0n) is 12.7. The molecule has 0 heterocycles. The zero-order valence-corrected chi connectivity index (χ0v) is 13.5. The van der Waals surface area contributed by atoms with Gasteiger partial charge in [-0.2, -0.15) is 0 Å². The molecule has 2 atom stereocenters. The molecule has 0 spiro atoms. The average molecular weight is 283 g/mol. The van der Waals surface area contributed by atoms with Gasteiger partial charge < -0.3 is 5.32 Å². The third-order valence-corrected chi connectivity index (χ3v) is 4.74. The summed E-state index contributed by atoms with van der Waals surface area (Å²) in [5.41, 5.74) is 1.30. The molecule has 1 rings (SSSR count). The summed E-state index contributed by atoms with van der Waals surface area (Å²) in [7, 11) is -3.11. The highest BCUT2D eigenvalue weighted by atomic mass is 32.2. The molecule has 0 saturated carbocycles. The summed E-state index contributed by atoms with van der Waals surface area (Å²) in [5.74, 6) is 0. The Balaban J connectivity index is 2.82. The minimum Gasteiger partial charge on any atom is -0.307 e. The maximum atomic E-state index is 11.4. The van der Waals surface area contributed by atoms with Gasteiger partial charge in [0.25, 0.3) is 0 Å². The van der Waals surface area contributed by atoms with Gasteiger partial charge >= 0.3 is 0 Å². The molecule has 0 aliphatic rings. The first kappa shape index (κ1) is 16.2. The Kier molecular flexibility index (Phi) is 4.80. The van der Waals surface area contributed by atoms with Crippen LogP contribution in [0.2, 0.25) is 0 Å². The standard InChI is InChI=1S/C15H25NO2S/c1-11(16-12(2)15(3,4)5)13-7-9-14(10-8-13)19(6,17)18/h7-12,16H,1-6H3. The molecule has 4 heteroatoms. The first-order chi connectivity index (χ1) is 8.51. The van der Waals surface area contributed by atoms with E-state index >= 15 is 0 Å². The fourth-order valence-electron chi connectivity index (χ4n) is 1.72. The Morgan fingerprint density at radius 1 is 1.05 bits per heavy atom. The Bertz CT molecular complexity index is 512. The van der Waals surface area contributed by atoms with Gasteiger partial charge in [-0.25, -0.2) is 8.42 Å². The van der Waals surface area contributed by atoms with Crippen molar-refractivity contribution in [1.82, 2.24) is 5.32 Å². The molecule has 1 N–H and O–H groups in total. The second kappa shape index (κ2) is 5.63. The first-order valence-corrected chi connectivity index (χ1v) is 8.47. The van der Waals surface area contributed by atoms with E-state index in [0.717, 1.165) is 5.56 Å². The van der Waals surface area contributed by atoms with Crippen LogP contribution in [0.5, 0.6) is 0 Å². The van der Waals surface area contributed by atoms with Crippen LogP contribution in [0.15, 0.2) is 29.2 Å². The second-order valence-electron chi connectivity index (χ2n) is 6.32. The quantitative estimate of drug-likeness (QED) is 0.923. The van der Waals surface area contributed by atoms with E-state index in [4.69, 9.17) is 0 Å². The van der Waals surface area contributed by atoms with Crippen molar-refractivity contribution in [2.24, 2.45) is 5.41 Å². The van der Waals surface area contributed by atoms with Gasteiger partial charge in [0.15, 0.2) is 9.84 Å². The van der Waals surface area contributed by atoms with Gasteiger partial charge in [0, 0.05) is 18.3 Å². The third-order valence-electron chi connectivity index (χ3n) is 3.61. The highest BCUT2D eigenvalue weighted by Gasteiger charge is 2.21. The van der Waals surface area contributed by atoms with E-state index in [0.29, 0.717) is 10.9 Å². The maximum absolute atomic E-state index is 11.4. The largest absolute Gasteiger partial charge is 0.307 e. The van der Waals surface area contributed by atoms with Crippen LogP contribution in [0.25, 0.3) is 0 Å². The van der Waals surface area contributed by atoms with E-state index in [1.54, 1.807) is 12.1 Å². The summed E-state index contributed by atoms with van der Waals surface area (Å²) in [4.78, 5) is 0.368. The van der Waals surface area contributed by atoms with E-state index in [1.807, 2.05) is 12.1 Å². The van der Waals surface area contributed by atoms with Crippen molar-refractivity contribution < 1.29 is 8.42 Å². The number of sulfone groups is 1. The molecule has 19 heavy (non-hydrogen) atoms. The van der Waals surface area contributed by atoms with Crippen molar-refractivity contribution in [1.29, 1.82) is 0 Å². The molecule has 0 aromatic heterocycles. The number of hydrogen-bond acceptors (Lipinski definition) is 3. The number of nitrogens with one attached hydrogen (secondary N) is 1. The third kappa shape index (κ3) is 4.62. The summed E-state index contributed by atoms with van der Waals surface area (Å²) in [6, 6.07) is 7.67. The molecule has 1 aromatic carbocycles. The smallest absolute Gasteiger partial charge is 0.175 e. The molecule has 0 aliphatic carbocycles. The lowest BCUT2D eigenvalue weighted by Gasteiger charge is -2.31. The summed E-state index contributed by atoms with van der Waals surface area (Å²) >= 11 is 0. The van der Waals surface area contributed by atoms with E-state index < -0.39 is 9.84 Å². The van der Waals surface area contributed by atoms with Crippen LogP contribution >= 0.6 is 0 Å². The number of rotatable bonds is 4. The SMILES string of the molecule is CC(NC(C)C(C)(C)C)c1ccc(S(C)(=O)=O)cc1. The molecule has 0 saturated heterocycles. The molecule has 0 amide bonds. The minimum atomic E-state index is -3.11. The van der Waals surface area contributed by atoms with Crippen molar-refractivity contribution >= 4 is 9.84 Å². The Morgan fingerprint density at radius 3 is 1.89 bits per heavy atom. The van der Waals surface area contributed by atoms with Gasteiger partial charge in [0.05, 0.1) is 4.90 Å². The highest BCUT2D eigenvalue weighted by Crippen LogP contribution is 2.23. The van der Waals surface area contributed by atoms with Crippen LogP contribution in [0.4, 0.5) is 0 Å². The van der Waals surface area contributed by atoms with E-state index in [-0.39, 0.29) is 11.5 Å². The van der Waals surface area contributed by atoms with Gasteiger partial charge in [-0.1, -0.05) is 32.9 Å². The van der Waals surface area contributed by atoms with Gasteiger partial charge in [-0.3, -0.25) is 0 Å². The molecule has 0 fully saturated rings. The number of hydrogen-bond donors (Lipinski definition) is 1. The first-order valence-electron chi connectivity index (χ1n) is 6.58. The molecule has 3 nitrogen and oxygen atoms in total.